The topological polar surface area (TPSA) is 70.2 Å². The molecule has 4 fully saturated rings. The third-order valence-corrected chi connectivity index (χ3v) is 7.43. The van der Waals surface area contributed by atoms with E-state index in [0.717, 1.165) is 48.1 Å². The molecule has 0 spiro atoms. The monoisotopic (exact) mass is 396 g/mol. The van der Waals surface area contributed by atoms with Crippen molar-refractivity contribution in [1.82, 2.24) is 14.7 Å². The van der Waals surface area contributed by atoms with Gasteiger partial charge in [0.05, 0.1) is 17.1 Å². The van der Waals surface area contributed by atoms with E-state index < -0.39 is 0 Å². The second-order valence-corrected chi connectivity index (χ2v) is 9.58. The Kier molecular flexibility index (Phi) is 3.80. The number of carbonyl (C=O) groups is 1. The van der Waals surface area contributed by atoms with Crippen LogP contribution in [0.2, 0.25) is 0 Å². The molecule has 4 aliphatic carbocycles. The number of nitrogens with one attached hydrogen (secondary N) is 1. The zero-order valence-corrected chi connectivity index (χ0v) is 16.8. The third-order valence-electron chi connectivity index (χ3n) is 7.43. The standard InChI is InChI=1S/C25H24N4O/c26-15-16-4-3-5-20(11-16)23-27-22(21-6-1-2-7-29(21)23)24(30)28-25-12-17-8-18(13-25)10-19(9-17)14-25/h1-7,11,17-19H,8-10,12-14H2,(H,28,30). The summed E-state index contributed by atoms with van der Waals surface area (Å²) in [6, 6.07) is 15.4. The van der Waals surface area contributed by atoms with Crippen molar-refractivity contribution >= 4 is 11.4 Å². The summed E-state index contributed by atoms with van der Waals surface area (Å²) in [5, 5.41) is 12.7. The molecule has 0 saturated heterocycles. The molecule has 4 bridgehead atoms. The molecule has 1 amide bonds. The van der Waals surface area contributed by atoms with Gasteiger partial charge >= 0.3 is 0 Å². The van der Waals surface area contributed by atoms with Crippen molar-refractivity contribution in [3.63, 3.8) is 0 Å². The minimum absolute atomic E-state index is 0.0442. The lowest BCUT2D eigenvalue weighted by molar-refractivity contribution is -0.0167. The third kappa shape index (κ3) is 2.74. The maximum atomic E-state index is 13.5. The number of pyridine rings is 1. The van der Waals surface area contributed by atoms with Crippen LogP contribution in [0.4, 0.5) is 0 Å². The zero-order chi connectivity index (χ0) is 20.3. The molecule has 0 unspecified atom stereocenters. The number of imidazole rings is 1. The average Bonchev–Trinajstić information content (AvgIpc) is 3.12. The SMILES string of the molecule is N#Cc1cccc(-c2nc(C(=O)NC34CC5CC(CC(C5)C3)C4)c3ccccn23)c1. The second-order valence-electron chi connectivity index (χ2n) is 9.58. The van der Waals surface area contributed by atoms with Gasteiger partial charge in [0.25, 0.3) is 5.91 Å². The Labute approximate surface area is 175 Å². The summed E-state index contributed by atoms with van der Waals surface area (Å²) in [5.74, 6) is 2.96. The van der Waals surface area contributed by atoms with Crippen LogP contribution in [0.25, 0.3) is 16.9 Å². The molecule has 5 nitrogen and oxygen atoms in total. The molecule has 0 aliphatic heterocycles. The molecule has 2 heterocycles. The van der Waals surface area contributed by atoms with Crippen LogP contribution in [-0.4, -0.2) is 20.8 Å². The van der Waals surface area contributed by atoms with Gasteiger partial charge in [-0.05, 0) is 80.5 Å². The molecular formula is C25H24N4O. The van der Waals surface area contributed by atoms with Gasteiger partial charge in [0.15, 0.2) is 5.69 Å². The van der Waals surface area contributed by atoms with Crippen molar-refractivity contribution in [3.8, 4) is 17.5 Å². The number of benzene rings is 1. The van der Waals surface area contributed by atoms with Gasteiger partial charge in [-0.1, -0.05) is 18.2 Å². The Morgan fingerprint density at radius 2 is 1.80 bits per heavy atom. The van der Waals surface area contributed by atoms with Crippen LogP contribution >= 0.6 is 0 Å². The summed E-state index contributed by atoms with van der Waals surface area (Å²) in [7, 11) is 0. The van der Waals surface area contributed by atoms with Crippen LogP contribution in [-0.2, 0) is 0 Å². The average molecular weight is 396 g/mol. The Bertz CT molecular complexity index is 1170. The summed E-state index contributed by atoms with van der Waals surface area (Å²) >= 11 is 0. The first-order valence-electron chi connectivity index (χ1n) is 10.9. The van der Waals surface area contributed by atoms with E-state index in [0.29, 0.717) is 17.1 Å². The molecule has 150 valence electrons. The van der Waals surface area contributed by atoms with Crippen LogP contribution in [0.15, 0.2) is 48.7 Å². The number of hydrogen-bond donors (Lipinski definition) is 1. The zero-order valence-electron chi connectivity index (χ0n) is 16.8. The van der Waals surface area contributed by atoms with Gasteiger partial charge in [-0.3, -0.25) is 9.20 Å². The van der Waals surface area contributed by atoms with Gasteiger partial charge < -0.3 is 5.32 Å². The predicted octanol–water partition coefficient (Wildman–Crippen LogP) is 4.57. The fraction of sp³-hybridized carbons (Fsp3) is 0.400. The molecule has 7 rings (SSSR count). The van der Waals surface area contributed by atoms with Gasteiger partial charge in [-0.15, -0.1) is 0 Å². The van der Waals surface area contributed by atoms with E-state index >= 15 is 0 Å². The van der Waals surface area contributed by atoms with Gasteiger partial charge in [0.2, 0.25) is 0 Å². The Balaban J connectivity index is 1.38. The summed E-state index contributed by atoms with van der Waals surface area (Å²) in [4.78, 5) is 18.2. The molecule has 0 atom stereocenters. The lowest BCUT2D eigenvalue weighted by atomic mass is 9.53. The van der Waals surface area contributed by atoms with E-state index in [-0.39, 0.29) is 11.4 Å². The van der Waals surface area contributed by atoms with E-state index in [1.807, 2.05) is 47.0 Å². The summed E-state index contributed by atoms with van der Waals surface area (Å²) < 4.78 is 1.95. The van der Waals surface area contributed by atoms with Gasteiger partial charge in [0, 0.05) is 17.3 Å². The molecule has 4 aliphatic rings. The maximum absolute atomic E-state index is 13.5. The number of hydrogen-bond acceptors (Lipinski definition) is 3. The van der Waals surface area contributed by atoms with Crippen LogP contribution in [0.3, 0.4) is 0 Å². The van der Waals surface area contributed by atoms with Crippen molar-refractivity contribution in [1.29, 1.82) is 5.26 Å². The van der Waals surface area contributed by atoms with Crippen LogP contribution in [0.1, 0.15) is 54.6 Å². The highest BCUT2D eigenvalue weighted by Crippen LogP contribution is 2.55. The smallest absolute Gasteiger partial charge is 0.272 e. The lowest BCUT2D eigenvalue weighted by Crippen LogP contribution is -2.59. The number of nitriles is 1. The molecule has 5 heteroatoms. The molecule has 1 N–H and O–H groups in total. The second kappa shape index (κ2) is 6.43. The Morgan fingerprint density at radius 3 is 2.50 bits per heavy atom. The highest BCUT2D eigenvalue weighted by molar-refractivity contribution is 6.00. The van der Waals surface area contributed by atoms with E-state index in [1.165, 1.54) is 19.3 Å². The predicted molar refractivity (Wildman–Crippen MR) is 114 cm³/mol. The van der Waals surface area contributed by atoms with Gasteiger partial charge in [-0.2, -0.15) is 5.26 Å². The van der Waals surface area contributed by atoms with E-state index in [4.69, 9.17) is 4.98 Å². The Hall–Kier alpha value is -3.13. The van der Waals surface area contributed by atoms with Crippen molar-refractivity contribution in [2.45, 2.75) is 44.1 Å². The normalized spacial score (nSPS) is 29.1. The van der Waals surface area contributed by atoms with Crippen LogP contribution in [0.5, 0.6) is 0 Å². The minimum Gasteiger partial charge on any atom is -0.345 e. The quantitative estimate of drug-likeness (QED) is 0.705. The fourth-order valence-electron chi connectivity index (χ4n) is 6.70. The molecule has 2 aromatic heterocycles. The van der Waals surface area contributed by atoms with Gasteiger partial charge in [-0.25, -0.2) is 4.98 Å². The van der Waals surface area contributed by atoms with Crippen molar-refractivity contribution in [3.05, 3.63) is 59.9 Å². The molecule has 0 radical (unpaired) electrons. The first-order valence-corrected chi connectivity index (χ1v) is 10.9. The number of fused-ring (bicyclic) bond motifs is 1. The Morgan fingerprint density at radius 1 is 1.07 bits per heavy atom. The lowest BCUT2D eigenvalue weighted by Gasteiger charge is -2.56. The minimum atomic E-state index is -0.0664. The highest BCUT2D eigenvalue weighted by Gasteiger charge is 2.51. The fourth-order valence-corrected chi connectivity index (χ4v) is 6.70. The van der Waals surface area contributed by atoms with Crippen molar-refractivity contribution < 1.29 is 4.79 Å². The number of rotatable bonds is 3. The van der Waals surface area contributed by atoms with Crippen LogP contribution < -0.4 is 5.32 Å². The molecule has 4 saturated carbocycles. The van der Waals surface area contributed by atoms with E-state index in [1.54, 1.807) is 6.07 Å². The maximum Gasteiger partial charge on any atom is 0.272 e. The molecular weight excluding hydrogens is 372 g/mol. The number of amides is 1. The first-order chi connectivity index (χ1) is 14.6. The molecule has 30 heavy (non-hydrogen) atoms. The number of nitrogens with zero attached hydrogens (tertiary/aromatic N) is 3. The summed E-state index contributed by atoms with van der Waals surface area (Å²) in [5.41, 5.74) is 2.65. The molecule has 3 aromatic rings. The van der Waals surface area contributed by atoms with Crippen molar-refractivity contribution in [2.75, 3.05) is 0 Å². The van der Waals surface area contributed by atoms with Gasteiger partial charge in [0.1, 0.15) is 5.82 Å². The number of aromatic nitrogens is 2. The number of carbonyl (C=O) groups excluding carboxylic acids is 1. The molecule has 1 aromatic carbocycles. The summed E-state index contributed by atoms with van der Waals surface area (Å²) in [6.45, 7) is 0. The first kappa shape index (κ1) is 17.7. The van der Waals surface area contributed by atoms with Crippen molar-refractivity contribution in [2.24, 2.45) is 17.8 Å². The van der Waals surface area contributed by atoms with Crippen LogP contribution in [0, 0.1) is 29.1 Å². The van der Waals surface area contributed by atoms with E-state index in [9.17, 15) is 10.1 Å². The summed E-state index contributed by atoms with van der Waals surface area (Å²) in [6.07, 6.45) is 9.33. The highest BCUT2D eigenvalue weighted by atomic mass is 16.2. The van der Waals surface area contributed by atoms with E-state index in [2.05, 4.69) is 11.4 Å². The largest absolute Gasteiger partial charge is 0.345 e.